The molecule has 4 heterocycles. The van der Waals surface area contributed by atoms with E-state index in [9.17, 15) is 14.7 Å². The lowest BCUT2D eigenvalue weighted by Gasteiger charge is -2.18. The van der Waals surface area contributed by atoms with Gasteiger partial charge in [0, 0.05) is 19.3 Å². The van der Waals surface area contributed by atoms with Gasteiger partial charge in [-0.2, -0.15) is 0 Å². The Labute approximate surface area is 182 Å². The van der Waals surface area contributed by atoms with Crippen molar-refractivity contribution in [2.45, 2.75) is 25.9 Å². The zero-order valence-electron chi connectivity index (χ0n) is 16.5. The Morgan fingerprint density at radius 1 is 1.47 bits per heavy atom. The van der Waals surface area contributed by atoms with Gasteiger partial charge in [-0.25, -0.2) is 4.98 Å². The monoisotopic (exact) mass is 446 g/mol. The Morgan fingerprint density at radius 2 is 2.30 bits per heavy atom. The maximum Gasteiger partial charge on any atom is 0.267 e. The summed E-state index contributed by atoms with van der Waals surface area (Å²) in [6, 6.07) is 3.64. The normalized spacial score (nSPS) is 20.7. The fourth-order valence-corrected chi connectivity index (χ4v) is 4.79. The smallest absolute Gasteiger partial charge is 0.267 e. The summed E-state index contributed by atoms with van der Waals surface area (Å²) in [4.78, 5) is 32.6. The molecule has 30 heavy (non-hydrogen) atoms. The van der Waals surface area contributed by atoms with Gasteiger partial charge in [-0.1, -0.05) is 30.0 Å². The molecule has 2 aliphatic rings. The first kappa shape index (κ1) is 21.0. The minimum atomic E-state index is -0.298. The van der Waals surface area contributed by atoms with Crippen molar-refractivity contribution in [3.8, 4) is 0 Å². The molecule has 0 aromatic carbocycles. The van der Waals surface area contributed by atoms with Crippen molar-refractivity contribution >= 4 is 51.7 Å². The number of aliphatic hydroxyl groups excluding tert-OH is 1. The van der Waals surface area contributed by atoms with Crippen molar-refractivity contribution in [1.29, 1.82) is 0 Å². The molecule has 0 unspecified atom stereocenters. The van der Waals surface area contributed by atoms with Gasteiger partial charge in [-0.3, -0.25) is 18.9 Å². The van der Waals surface area contributed by atoms with Crippen molar-refractivity contribution in [2.24, 2.45) is 0 Å². The SMILES string of the molecule is Cc1cccn2c(=O)c(/C=C3\SC(=S)N(C[C@@H]4CCCO4)C3=O)c(NCCO)nc12. The highest BCUT2D eigenvalue weighted by atomic mass is 32.2. The number of pyridine rings is 1. The number of thioether (sulfide) groups is 1. The van der Waals surface area contributed by atoms with Crippen molar-refractivity contribution < 1.29 is 14.6 Å². The molecule has 2 N–H and O–H groups in total. The number of hydrogen-bond donors (Lipinski definition) is 2. The van der Waals surface area contributed by atoms with Crippen LogP contribution in [0.15, 0.2) is 28.0 Å². The van der Waals surface area contributed by atoms with E-state index in [1.165, 1.54) is 16.2 Å². The van der Waals surface area contributed by atoms with Crippen molar-refractivity contribution in [1.82, 2.24) is 14.3 Å². The second kappa shape index (κ2) is 8.84. The summed E-state index contributed by atoms with van der Waals surface area (Å²) in [6.07, 6.45) is 5.06. The molecule has 0 saturated carbocycles. The lowest BCUT2D eigenvalue weighted by molar-refractivity contribution is -0.123. The largest absolute Gasteiger partial charge is 0.395 e. The Morgan fingerprint density at radius 3 is 3.03 bits per heavy atom. The molecule has 0 radical (unpaired) electrons. The van der Waals surface area contributed by atoms with E-state index in [1.54, 1.807) is 23.2 Å². The predicted octanol–water partition coefficient (Wildman–Crippen LogP) is 1.79. The van der Waals surface area contributed by atoms with Gasteiger partial charge in [0.2, 0.25) is 0 Å². The molecule has 10 heteroatoms. The van der Waals surface area contributed by atoms with Gasteiger partial charge >= 0.3 is 0 Å². The number of carbonyl (C=O) groups is 1. The fraction of sp³-hybridized carbons (Fsp3) is 0.400. The van der Waals surface area contributed by atoms with Crippen LogP contribution in [0.4, 0.5) is 5.82 Å². The van der Waals surface area contributed by atoms with Crippen molar-refractivity contribution in [3.05, 3.63) is 44.7 Å². The van der Waals surface area contributed by atoms with Crippen LogP contribution in [0.1, 0.15) is 24.0 Å². The quantitative estimate of drug-likeness (QED) is 0.512. The molecular formula is C20H22N4O4S2. The van der Waals surface area contributed by atoms with E-state index in [-0.39, 0.29) is 36.3 Å². The lowest BCUT2D eigenvalue weighted by atomic mass is 10.2. The summed E-state index contributed by atoms with van der Waals surface area (Å²) < 4.78 is 7.54. The van der Waals surface area contributed by atoms with Crippen LogP contribution >= 0.6 is 24.0 Å². The van der Waals surface area contributed by atoms with E-state index >= 15 is 0 Å². The number of nitrogens with zero attached hydrogens (tertiary/aromatic N) is 3. The van der Waals surface area contributed by atoms with Crippen molar-refractivity contribution in [2.75, 3.05) is 31.6 Å². The number of rotatable bonds is 6. The number of aryl methyl sites for hydroxylation is 1. The van der Waals surface area contributed by atoms with E-state index in [0.717, 1.165) is 18.4 Å². The number of amides is 1. The van der Waals surface area contributed by atoms with Gasteiger partial charge < -0.3 is 15.2 Å². The second-order valence-corrected chi connectivity index (χ2v) is 8.82. The fourth-order valence-electron chi connectivity index (χ4n) is 3.53. The van der Waals surface area contributed by atoms with Gasteiger partial charge in [-0.15, -0.1) is 0 Å². The molecule has 4 rings (SSSR count). The van der Waals surface area contributed by atoms with E-state index in [2.05, 4.69) is 10.3 Å². The molecule has 2 aliphatic heterocycles. The summed E-state index contributed by atoms with van der Waals surface area (Å²) >= 11 is 6.57. The molecule has 0 spiro atoms. The average molecular weight is 447 g/mol. The summed E-state index contributed by atoms with van der Waals surface area (Å²) in [5.74, 6) is 0.0927. The highest BCUT2D eigenvalue weighted by Crippen LogP contribution is 2.34. The van der Waals surface area contributed by atoms with Gasteiger partial charge in [0.25, 0.3) is 11.5 Å². The summed E-state index contributed by atoms with van der Waals surface area (Å²) in [6.45, 7) is 3.11. The second-order valence-electron chi connectivity index (χ2n) is 7.14. The molecular weight excluding hydrogens is 424 g/mol. The maximum atomic E-state index is 13.2. The zero-order valence-corrected chi connectivity index (χ0v) is 18.1. The van der Waals surface area contributed by atoms with Crippen LogP contribution in [0.2, 0.25) is 0 Å². The standard InChI is InChI=1S/C20H22N4O4S2/c1-12-4-2-7-23-17(12)22-16(21-6-8-25)14(18(23)26)10-15-19(27)24(20(29)30-15)11-13-5-3-9-28-13/h2,4,7,10,13,21,25H,3,5-6,8-9,11H2,1H3/b15-10-/t13-/m0/s1. The molecule has 1 atom stereocenters. The van der Waals surface area contributed by atoms with Crippen LogP contribution in [0.25, 0.3) is 11.7 Å². The lowest BCUT2D eigenvalue weighted by Crippen LogP contribution is -2.35. The Hall–Kier alpha value is -2.27. The summed E-state index contributed by atoms with van der Waals surface area (Å²) in [5, 5.41) is 12.2. The first-order valence-electron chi connectivity index (χ1n) is 9.73. The summed E-state index contributed by atoms with van der Waals surface area (Å²) in [7, 11) is 0. The molecule has 1 amide bonds. The third kappa shape index (κ3) is 4.00. The number of fused-ring (bicyclic) bond motifs is 1. The Balaban J connectivity index is 1.73. The Bertz CT molecular complexity index is 1090. The van der Waals surface area contributed by atoms with E-state index < -0.39 is 0 Å². The van der Waals surface area contributed by atoms with Crippen molar-refractivity contribution in [3.63, 3.8) is 0 Å². The van der Waals surface area contributed by atoms with Crippen LogP contribution in [0.5, 0.6) is 0 Å². The molecule has 0 bridgehead atoms. The molecule has 2 aromatic rings. The number of aliphatic hydroxyl groups is 1. The molecule has 158 valence electrons. The van der Waals surface area contributed by atoms with Crippen LogP contribution in [0.3, 0.4) is 0 Å². The highest BCUT2D eigenvalue weighted by Gasteiger charge is 2.35. The van der Waals surface area contributed by atoms with Gasteiger partial charge in [-0.05, 0) is 37.5 Å². The minimum Gasteiger partial charge on any atom is -0.395 e. The number of thiocarbonyl (C=S) groups is 1. The highest BCUT2D eigenvalue weighted by molar-refractivity contribution is 8.26. The number of anilines is 1. The van der Waals surface area contributed by atoms with Gasteiger partial charge in [0.05, 0.1) is 29.7 Å². The third-order valence-electron chi connectivity index (χ3n) is 5.05. The van der Waals surface area contributed by atoms with Crippen LogP contribution < -0.4 is 10.9 Å². The average Bonchev–Trinajstić information content (AvgIpc) is 3.33. The number of carbonyl (C=O) groups excluding carboxylic acids is 1. The van der Waals surface area contributed by atoms with E-state index in [4.69, 9.17) is 17.0 Å². The van der Waals surface area contributed by atoms with E-state index in [1.807, 2.05) is 13.0 Å². The van der Waals surface area contributed by atoms with Crippen LogP contribution in [0, 0.1) is 6.92 Å². The summed E-state index contributed by atoms with van der Waals surface area (Å²) in [5.41, 5.74) is 1.32. The number of nitrogens with one attached hydrogen (secondary N) is 1. The molecule has 2 aromatic heterocycles. The zero-order chi connectivity index (χ0) is 21.3. The Kier molecular flexibility index (Phi) is 6.19. The molecule has 8 nitrogen and oxygen atoms in total. The third-order valence-corrected chi connectivity index (χ3v) is 6.43. The topological polar surface area (TPSA) is 96.2 Å². The number of hydrogen-bond acceptors (Lipinski definition) is 8. The van der Waals surface area contributed by atoms with Crippen LogP contribution in [-0.2, 0) is 9.53 Å². The molecule has 0 aliphatic carbocycles. The molecule has 2 saturated heterocycles. The van der Waals surface area contributed by atoms with Gasteiger partial charge in [0.1, 0.15) is 15.8 Å². The van der Waals surface area contributed by atoms with Crippen LogP contribution in [-0.4, -0.2) is 62.0 Å². The number of aromatic nitrogens is 2. The molecule has 2 fully saturated rings. The van der Waals surface area contributed by atoms with Gasteiger partial charge in [0.15, 0.2) is 0 Å². The number of ether oxygens (including phenoxy) is 1. The predicted molar refractivity (Wildman–Crippen MR) is 121 cm³/mol. The first-order valence-corrected chi connectivity index (χ1v) is 11.0. The van der Waals surface area contributed by atoms with E-state index in [0.29, 0.717) is 33.8 Å². The minimum absolute atomic E-state index is 0.00966. The maximum absolute atomic E-state index is 13.2. The first-order chi connectivity index (χ1) is 14.5.